The minimum Gasteiger partial charge on any atom is -0.339 e. The number of nitrogens with zero attached hydrogens (tertiary/aromatic N) is 2. The summed E-state index contributed by atoms with van der Waals surface area (Å²) >= 11 is 0. The van der Waals surface area contributed by atoms with Crippen molar-refractivity contribution in [3.63, 3.8) is 0 Å². The molecule has 0 saturated carbocycles. The zero-order chi connectivity index (χ0) is 17.6. The van der Waals surface area contributed by atoms with Gasteiger partial charge in [-0.2, -0.15) is 0 Å². The van der Waals surface area contributed by atoms with E-state index >= 15 is 0 Å². The maximum atomic E-state index is 12.5. The predicted octanol–water partition coefficient (Wildman–Crippen LogP) is 1.60. The molecule has 0 spiro atoms. The molecule has 2 aliphatic rings. The Morgan fingerprint density at radius 1 is 1.00 bits per heavy atom. The van der Waals surface area contributed by atoms with E-state index < -0.39 is 0 Å². The van der Waals surface area contributed by atoms with E-state index in [1.807, 2.05) is 41.0 Å². The maximum absolute atomic E-state index is 12.5. The molecule has 2 aliphatic heterocycles. The number of rotatable bonds is 4. The van der Waals surface area contributed by atoms with Gasteiger partial charge in [0.1, 0.15) is 0 Å². The Morgan fingerprint density at radius 2 is 1.60 bits per heavy atom. The van der Waals surface area contributed by atoms with Gasteiger partial charge in [-0.15, -0.1) is 0 Å². The van der Waals surface area contributed by atoms with Crippen LogP contribution in [-0.4, -0.2) is 60.9 Å². The lowest BCUT2D eigenvalue weighted by Crippen LogP contribution is -2.51. The second kappa shape index (κ2) is 8.48. The van der Waals surface area contributed by atoms with Gasteiger partial charge in [-0.05, 0) is 49.9 Å². The first-order chi connectivity index (χ1) is 12.1. The van der Waals surface area contributed by atoms with Crippen LogP contribution in [0.25, 0.3) is 0 Å². The molecule has 3 rings (SSSR count). The minimum atomic E-state index is 0.166. The molecule has 0 atom stereocenters. The monoisotopic (exact) mass is 343 g/mol. The van der Waals surface area contributed by atoms with Crippen LogP contribution < -0.4 is 5.32 Å². The van der Waals surface area contributed by atoms with Gasteiger partial charge in [0.15, 0.2) is 0 Å². The SMILES string of the molecule is Cc1ccccc1CC(=O)N1CCN(C(=O)CC2CCNCC2)CC1. The summed E-state index contributed by atoms with van der Waals surface area (Å²) in [5.41, 5.74) is 2.25. The highest BCUT2D eigenvalue weighted by Gasteiger charge is 2.26. The van der Waals surface area contributed by atoms with E-state index in [9.17, 15) is 9.59 Å². The topological polar surface area (TPSA) is 52.7 Å². The zero-order valence-corrected chi connectivity index (χ0v) is 15.2. The number of benzene rings is 1. The first-order valence-corrected chi connectivity index (χ1v) is 9.44. The third-order valence-corrected chi connectivity index (χ3v) is 5.51. The van der Waals surface area contributed by atoms with Gasteiger partial charge in [0.2, 0.25) is 11.8 Å². The van der Waals surface area contributed by atoms with Crippen molar-refractivity contribution in [2.24, 2.45) is 5.92 Å². The molecule has 2 heterocycles. The Morgan fingerprint density at radius 3 is 2.24 bits per heavy atom. The predicted molar refractivity (Wildman–Crippen MR) is 98.3 cm³/mol. The molecule has 25 heavy (non-hydrogen) atoms. The van der Waals surface area contributed by atoms with E-state index in [2.05, 4.69) is 5.32 Å². The van der Waals surface area contributed by atoms with E-state index in [-0.39, 0.29) is 11.8 Å². The van der Waals surface area contributed by atoms with Crippen LogP contribution in [-0.2, 0) is 16.0 Å². The summed E-state index contributed by atoms with van der Waals surface area (Å²) in [6, 6.07) is 8.04. The first-order valence-electron chi connectivity index (χ1n) is 9.44. The Labute approximate surface area is 150 Å². The molecule has 0 unspecified atom stereocenters. The third-order valence-electron chi connectivity index (χ3n) is 5.51. The van der Waals surface area contributed by atoms with Crippen molar-refractivity contribution in [1.82, 2.24) is 15.1 Å². The Hall–Kier alpha value is -1.88. The van der Waals surface area contributed by atoms with Crippen molar-refractivity contribution in [3.8, 4) is 0 Å². The summed E-state index contributed by atoms with van der Waals surface area (Å²) in [4.78, 5) is 28.9. The number of piperidine rings is 1. The molecule has 1 aromatic rings. The number of carbonyl (C=O) groups excluding carboxylic acids is 2. The number of carbonyl (C=O) groups is 2. The molecule has 0 aromatic heterocycles. The molecule has 2 fully saturated rings. The van der Waals surface area contributed by atoms with Gasteiger partial charge in [-0.25, -0.2) is 0 Å². The molecule has 2 amide bonds. The normalized spacial score (nSPS) is 19.1. The molecule has 1 N–H and O–H groups in total. The average Bonchev–Trinajstić information content (AvgIpc) is 2.64. The fraction of sp³-hybridized carbons (Fsp3) is 0.600. The fourth-order valence-electron chi connectivity index (χ4n) is 3.75. The standard InChI is InChI=1S/C20H29N3O2/c1-16-4-2-3-5-18(16)15-20(25)23-12-10-22(11-13-23)19(24)14-17-6-8-21-9-7-17/h2-5,17,21H,6-15H2,1H3. The number of piperazine rings is 1. The second-order valence-corrected chi connectivity index (χ2v) is 7.26. The Bertz CT molecular complexity index is 603. The number of hydrogen-bond donors (Lipinski definition) is 1. The van der Waals surface area contributed by atoms with Gasteiger partial charge in [0.25, 0.3) is 0 Å². The number of aryl methyl sites for hydroxylation is 1. The molecule has 5 nitrogen and oxygen atoms in total. The van der Waals surface area contributed by atoms with Crippen LogP contribution in [0.5, 0.6) is 0 Å². The largest absolute Gasteiger partial charge is 0.339 e. The molecule has 136 valence electrons. The van der Waals surface area contributed by atoms with Crippen LogP contribution in [0.3, 0.4) is 0 Å². The average molecular weight is 343 g/mol. The molecular weight excluding hydrogens is 314 g/mol. The van der Waals surface area contributed by atoms with Crippen molar-refractivity contribution in [1.29, 1.82) is 0 Å². The summed E-state index contributed by atoms with van der Waals surface area (Å²) < 4.78 is 0. The summed E-state index contributed by atoms with van der Waals surface area (Å²) in [7, 11) is 0. The van der Waals surface area contributed by atoms with E-state index in [1.165, 1.54) is 0 Å². The van der Waals surface area contributed by atoms with Crippen molar-refractivity contribution in [3.05, 3.63) is 35.4 Å². The second-order valence-electron chi connectivity index (χ2n) is 7.26. The van der Waals surface area contributed by atoms with Gasteiger partial charge in [-0.3, -0.25) is 9.59 Å². The quantitative estimate of drug-likeness (QED) is 0.903. The van der Waals surface area contributed by atoms with Crippen LogP contribution >= 0.6 is 0 Å². The molecule has 0 bridgehead atoms. The zero-order valence-electron chi connectivity index (χ0n) is 15.2. The number of hydrogen-bond acceptors (Lipinski definition) is 3. The molecule has 0 aliphatic carbocycles. The van der Waals surface area contributed by atoms with Gasteiger partial charge < -0.3 is 15.1 Å². The van der Waals surface area contributed by atoms with Gasteiger partial charge >= 0.3 is 0 Å². The van der Waals surface area contributed by atoms with Crippen LogP contribution in [0.15, 0.2) is 24.3 Å². The first kappa shape index (κ1) is 17.9. The van der Waals surface area contributed by atoms with Gasteiger partial charge in [0, 0.05) is 32.6 Å². The minimum absolute atomic E-state index is 0.166. The highest BCUT2D eigenvalue weighted by atomic mass is 16.2. The Kier molecular flexibility index (Phi) is 6.08. The van der Waals surface area contributed by atoms with Crippen LogP contribution in [0.4, 0.5) is 0 Å². The highest BCUT2D eigenvalue weighted by molar-refractivity contribution is 5.80. The van der Waals surface area contributed by atoms with Gasteiger partial charge in [0.05, 0.1) is 6.42 Å². The summed E-state index contributed by atoms with van der Waals surface area (Å²) in [6.45, 7) is 6.75. The van der Waals surface area contributed by atoms with Crippen LogP contribution in [0.1, 0.15) is 30.4 Å². The molecular formula is C20H29N3O2. The summed E-state index contributed by atoms with van der Waals surface area (Å²) in [5, 5.41) is 3.34. The van der Waals surface area contributed by atoms with Crippen molar-refractivity contribution >= 4 is 11.8 Å². The van der Waals surface area contributed by atoms with E-state index in [0.717, 1.165) is 37.1 Å². The smallest absolute Gasteiger partial charge is 0.227 e. The number of nitrogens with one attached hydrogen (secondary N) is 1. The summed E-state index contributed by atoms with van der Waals surface area (Å²) in [6.07, 6.45) is 3.32. The fourth-order valence-corrected chi connectivity index (χ4v) is 3.75. The maximum Gasteiger partial charge on any atom is 0.227 e. The van der Waals surface area contributed by atoms with Crippen molar-refractivity contribution < 1.29 is 9.59 Å². The number of amides is 2. The lowest BCUT2D eigenvalue weighted by molar-refractivity contribution is -0.139. The van der Waals surface area contributed by atoms with E-state index in [0.29, 0.717) is 44.9 Å². The van der Waals surface area contributed by atoms with Crippen LogP contribution in [0, 0.1) is 12.8 Å². The molecule has 1 aromatic carbocycles. The van der Waals surface area contributed by atoms with Crippen LogP contribution in [0.2, 0.25) is 0 Å². The lowest BCUT2D eigenvalue weighted by atomic mass is 9.94. The van der Waals surface area contributed by atoms with E-state index in [4.69, 9.17) is 0 Å². The lowest BCUT2D eigenvalue weighted by Gasteiger charge is -2.36. The summed E-state index contributed by atoms with van der Waals surface area (Å²) in [5.74, 6) is 0.951. The van der Waals surface area contributed by atoms with Crippen molar-refractivity contribution in [2.75, 3.05) is 39.3 Å². The third kappa shape index (κ3) is 4.82. The van der Waals surface area contributed by atoms with Crippen molar-refractivity contribution in [2.45, 2.75) is 32.6 Å². The Balaban J connectivity index is 1.45. The molecule has 5 heteroatoms. The van der Waals surface area contributed by atoms with E-state index in [1.54, 1.807) is 0 Å². The molecule has 2 saturated heterocycles. The molecule has 0 radical (unpaired) electrons. The van der Waals surface area contributed by atoms with Gasteiger partial charge in [-0.1, -0.05) is 24.3 Å². The highest BCUT2D eigenvalue weighted by Crippen LogP contribution is 2.18.